The SMILES string of the molecule is CC(C)(C)[Si](OCC1=C2[C@@H](CC/C(=C/c3ccc(CO)o3)c3ccccc3)OC[C@@H]2S(=O)(=O)C1)(c1ccccc1)c1ccccc1. The normalized spacial score (nSPS) is 19.9. The van der Waals surface area contributed by atoms with E-state index in [2.05, 4.69) is 81.4 Å². The number of aliphatic hydroxyl groups excluding tert-OH is 1. The van der Waals surface area contributed by atoms with E-state index in [-0.39, 0.29) is 36.7 Å². The van der Waals surface area contributed by atoms with E-state index in [0.29, 0.717) is 24.4 Å². The third-order valence-corrected chi connectivity index (χ3v) is 16.2. The van der Waals surface area contributed by atoms with Crippen LogP contribution in [0.2, 0.25) is 5.04 Å². The van der Waals surface area contributed by atoms with Gasteiger partial charge in [0.2, 0.25) is 0 Å². The first kappa shape index (κ1) is 32.4. The monoisotopic (exact) mass is 654 g/mol. The summed E-state index contributed by atoms with van der Waals surface area (Å²) in [5, 5.41) is 11.0. The third kappa shape index (κ3) is 6.37. The number of allylic oxidation sites excluding steroid dienone is 1. The highest BCUT2D eigenvalue weighted by Gasteiger charge is 2.52. The Kier molecular flexibility index (Phi) is 9.37. The lowest BCUT2D eigenvalue weighted by molar-refractivity contribution is 0.118. The molecule has 1 fully saturated rings. The quantitative estimate of drug-likeness (QED) is 0.154. The summed E-state index contributed by atoms with van der Waals surface area (Å²) in [6.07, 6.45) is 2.95. The van der Waals surface area contributed by atoms with E-state index in [1.165, 1.54) is 0 Å². The molecule has 0 spiro atoms. The van der Waals surface area contributed by atoms with Crippen LogP contribution in [-0.4, -0.2) is 52.2 Å². The van der Waals surface area contributed by atoms with Gasteiger partial charge in [-0.25, -0.2) is 8.42 Å². The van der Waals surface area contributed by atoms with E-state index in [4.69, 9.17) is 13.6 Å². The van der Waals surface area contributed by atoms with Crippen molar-refractivity contribution in [3.63, 3.8) is 0 Å². The van der Waals surface area contributed by atoms with Crippen LogP contribution in [0.15, 0.2) is 119 Å². The molecule has 2 aliphatic rings. The predicted molar refractivity (Wildman–Crippen MR) is 186 cm³/mol. The zero-order valence-electron chi connectivity index (χ0n) is 26.7. The van der Waals surface area contributed by atoms with Crippen LogP contribution < -0.4 is 10.4 Å². The lowest BCUT2D eigenvalue weighted by Gasteiger charge is -2.43. The average Bonchev–Trinajstić information content (AvgIpc) is 3.76. The van der Waals surface area contributed by atoms with Crippen LogP contribution in [0.1, 0.15) is 50.7 Å². The van der Waals surface area contributed by atoms with Gasteiger partial charge in [0.25, 0.3) is 8.32 Å². The number of hydrogen-bond donors (Lipinski definition) is 1. The lowest BCUT2D eigenvalue weighted by atomic mass is 9.94. The molecule has 0 radical (unpaired) electrons. The van der Waals surface area contributed by atoms with Gasteiger partial charge in [0.15, 0.2) is 9.84 Å². The second-order valence-corrected chi connectivity index (χ2v) is 19.7. The second-order valence-electron chi connectivity index (χ2n) is 13.2. The molecule has 0 bridgehead atoms. The molecule has 0 saturated carbocycles. The predicted octanol–water partition coefficient (Wildman–Crippen LogP) is 6.16. The second kappa shape index (κ2) is 13.3. The summed E-state index contributed by atoms with van der Waals surface area (Å²) < 4.78 is 46.2. The number of aliphatic hydroxyl groups is 1. The fraction of sp³-hybridized carbons (Fsp3) is 0.316. The largest absolute Gasteiger partial charge is 0.459 e. The summed E-state index contributed by atoms with van der Waals surface area (Å²) >= 11 is 0. The van der Waals surface area contributed by atoms with Crippen LogP contribution in [0.3, 0.4) is 0 Å². The van der Waals surface area contributed by atoms with Crippen LogP contribution in [0.4, 0.5) is 0 Å². The minimum absolute atomic E-state index is 0.00275. The van der Waals surface area contributed by atoms with Gasteiger partial charge >= 0.3 is 0 Å². The number of benzene rings is 3. The van der Waals surface area contributed by atoms with E-state index < -0.39 is 23.4 Å². The van der Waals surface area contributed by atoms with Gasteiger partial charge in [0.05, 0.1) is 25.1 Å². The molecule has 0 amide bonds. The van der Waals surface area contributed by atoms with Crippen LogP contribution in [0.5, 0.6) is 0 Å². The third-order valence-electron chi connectivity index (χ3n) is 9.21. The van der Waals surface area contributed by atoms with Gasteiger partial charge in [-0.15, -0.1) is 0 Å². The Balaban J connectivity index is 1.33. The van der Waals surface area contributed by atoms with Gasteiger partial charge in [-0.3, -0.25) is 0 Å². The molecule has 8 heteroatoms. The molecule has 0 aliphatic carbocycles. The van der Waals surface area contributed by atoms with Crippen molar-refractivity contribution in [3.8, 4) is 0 Å². The van der Waals surface area contributed by atoms with Gasteiger partial charge < -0.3 is 18.7 Å². The summed E-state index contributed by atoms with van der Waals surface area (Å²) in [7, 11) is -6.26. The zero-order valence-corrected chi connectivity index (χ0v) is 28.5. The van der Waals surface area contributed by atoms with Crippen molar-refractivity contribution in [1.29, 1.82) is 0 Å². The lowest BCUT2D eigenvalue weighted by Crippen LogP contribution is -2.66. The van der Waals surface area contributed by atoms with Gasteiger partial charge in [-0.2, -0.15) is 0 Å². The maximum atomic E-state index is 13.5. The van der Waals surface area contributed by atoms with Crippen LogP contribution in [0, 0.1) is 0 Å². The topological polar surface area (TPSA) is 86.0 Å². The fourth-order valence-electron chi connectivity index (χ4n) is 7.06. The minimum Gasteiger partial charge on any atom is -0.459 e. The van der Waals surface area contributed by atoms with Gasteiger partial charge in [-0.1, -0.05) is 112 Å². The standard InChI is InChI=1S/C38H42O6SSi/c1-38(2,3)46(33-15-9-5-10-16-33,34-17-11-6-12-18-34)43-25-30-27-45(40,41)36-26-42-35(37(30)36)22-19-29(28-13-7-4-8-14-28)23-31-20-21-32(24-39)44-31/h4-18,20-21,23,35-36,39H,19,22,24-27H2,1-3H3/b29-23-/t35-,36+/m1/s1. The molecule has 1 saturated heterocycles. The molecule has 2 atom stereocenters. The highest BCUT2D eigenvalue weighted by Crippen LogP contribution is 2.42. The smallest absolute Gasteiger partial charge is 0.261 e. The first-order valence-corrected chi connectivity index (χ1v) is 19.5. The molecule has 1 N–H and O–H groups in total. The maximum Gasteiger partial charge on any atom is 0.261 e. The average molecular weight is 655 g/mol. The minimum atomic E-state index is -3.39. The summed E-state index contributed by atoms with van der Waals surface area (Å²) in [6, 6.07) is 34.6. The van der Waals surface area contributed by atoms with Crippen molar-refractivity contribution in [2.24, 2.45) is 0 Å². The highest BCUT2D eigenvalue weighted by molar-refractivity contribution is 7.92. The molecular weight excluding hydrogens is 613 g/mol. The van der Waals surface area contributed by atoms with Crippen LogP contribution in [0.25, 0.3) is 11.6 Å². The van der Waals surface area contributed by atoms with Crippen molar-refractivity contribution < 1.29 is 27.1 Å². The van der Waals surface area contributed by atoms with Crippen LogP contribution >= 0.6 is 0 Å². The molecule has 6 rings (SSSR count). The van der Waals surface area contributed by atoms with E-state index in [0.717, 1.165) is 32.7 Å². The molecular formula is C38H42O6SSi. The number of rotatable bonds is 11. The van der Waals surface area contributed by atoms with Crippen molar-refractivity contribution >= 4 is 40.2 Å². The molecule has 2 aliphatic heterocycles. The molecule has 3 heterocycles. The van der Waals surface area contributed by atoms with Gasteiger partial charge in [0.1, 0.15) is 23.4 Å². The number of fused-ring (bicyclic) bond motifs is 1. The Morgan fingerprint density at radius 2 is 1.52 bits per heavy atom. The van der Waals surface area contributed by atoms with Crippen molar-refractivity contribution in [2.75, 3.05) is 19.0 Å². The first-order valence-electron chi connectivity index (χ1n) is 15.9. The van der Waals surface area contributed by atoms with Crippen molar-refractivity contribution in [1.82, 2.24) is 0 Å². The molecule has 6 nitrogen and oxygen atoms in total. The first-order chi connectivity index (χ1) is 22.1. The fourth-order valence-corrected chi connectivity index (χ4v) is 13.5. The molecule has 0 unspecified atom stereocenters. The van der Waals surface area contributed by atoms with Crippen LogP contribution in [-0.2, 0) is 25.6 Å². The van der Waals surface area contributed by atoms with E-state index in [1.54, 1.807) is 6.07 Å². The summed E-state index contributed by atoms with van der Waals surface area (Å²) in [5.41, 5.74) is 3.83. The number of sulfone groups is 1. The van der Waals surface area contributed by atoms with E-state index >= 15 is 0 Å². The van der Waals surface area contributed by atoms with E-state index in [9.17, 15) is 13.5 Å². The molecule has 240 valence electrons. The Morgan fingerprint density at radius 3 is 2.09 bits per heavy atom. The van der Waals surface area contributed by atoms with Gasteiger partial charge in [-0.05, 0) is 68.7 Å². The van der Waals surface area contributed by atoms with Crippen molar-refractivity contribution in [3.05, 3.63) is 131 Å². The number of hydrogen-bond acceptors (Lipinski definition) is 6. The number of ether oxygens (including phenoxy) is 1. The Labute approximate surface area is 273 Å². The van der Waals surface area contributed by atoms with E-state index in [1.807, 2.05) is 42.5 Å². The summed E-state index contributed by atoms with van der Waals surface area (Å²) in [4.78, 5) is 0. The zero-order chi connectivity index (χ0) is 32.4. The Hall–Kier alpha value is -3.53. The summed E-state index contributed by atoms with van der Waals surface area (Å²) in [6.45, 7) is 6.95. The molecule has 1 aromatic heterocycles. The van der Waals surface area contributed by atoms with Crippen molar-refractivity contribution in [2.45, 2.75) is 56.6 Å². The molecule has 4 aromatic rings. The summed E-state index contributed by atoms with van der Waals surface area (Å²) in [5.74, 6) is 1.17. The Bertz CT molecular complexity index is 1770. The molecule has 3 aromatic carbocycles. The molecule has 46 heavy (non-hydrogen) atoms. The Morgan fingerprint density at radius 1 is 0.913 bits per heavy atom. The van der Waals surface area contributed by atoms with Gasteiger partial charge in [0, 0.05) is 0 Å². The highest BCUT2D eigenvalue weighted by atomic mass is 32.2. The number of furan rings is 1. The maximum absolute atomic E-state index is 13.5.